The number of nitrogens with zero attached hydrogens (tertiary/aromatic N) is 2. The third kappa shape index (κ3) is 7.36. The van der Waals surface area contributed by atoms with Crippen molar-refractivity contribution in [2.75, 3.05) is 20.1 Å². The Morgan fingerprint density at radius 3 is 2.39 bits per heavy atom. The Kier molecular flexibility index (Phi) is 8.09. The quantitative estimate of drug-likeness (QED) is 0.487. The summed E-state index contributed by atoms with van der Waals surface area (Å²) in [6, 6.07) is 18.3. The Morgan fingerprint density at radius 2 is 1.74 bits per heavy atom. The molecule has 1 aliphatic rings. The number of hydrogen-bond acceptors (Lipinski definition) is 3. The second-order valence-corrected chi connectivity index (χ2v) is 10.3. The maximum Gasteiger partial charge on any atom is 0.216 e. The van der Waals surface area contributed by atoms with Gasteiger partial charge in [-0.15, -0.1) is 0 Å². The van der Waals surface area contributed by atoms with Crippen LogP contribution in [0.5, 0.6) is 0 Å². The second-order valence-electron chi connectivity index (χ2n) is 8.54. The Labute approximate surface area is 186 Å². The molecule has 7 heteroatoms. The van der Waals surface area contributed by atoms with Crippen molar-refractivity contribution in [3.05, 3.63) is 71.3 Å². The summed E-state index contributed by atoms with van der Waals surface area (Å²) < 4.78 is 26.8. The molecule has 1 heterocycles. The summed E-state index contributed by atoms with van der Waals surface area (Å²) in [6.45, 7) is 6.32. The molecule has 2 N–H and O–H groups in total. The van der Waals surface area contributed by atoms with Gasteiger partial charge in [-0.25, -0.2) is 13.1 Å². The highest BCUT2D eigenvalue weighted by Gasteiger charge is 2.24. The van der Waals surface area contributed by atoms with Crippen LogP contribution in [0.4, 0.5) is 0 Å². The van der Waals surface area contributed by atoms with E-state index in [0.29, 0.717) is 12.5 Å². The average molecular weight is 443 g/mol. The lowest BCUT2D eigenvalue weighted by atomic mass is 9.99. The molecule has 31 heavy (non-hydrogen) atoms. The van der Waals surface area contributed by atoms with E-state index in [-0.39, 0.29) is 11.8 Å². The van der Waals surface area contributed by atoms with E-state index in [0.717, 1.165) is 36.6 Å². The molecule has 6 nitrogen and oxygen atoms in total. The number of benzene rings is 2. The topological polar surface area (TPSA) is 73.8 Å². The van der Waals surface area contributed by atoms with E-state index >= 15 is 0 Å². The first-order valence-electron chi connectivity index (χ1n) is 10.9. The number of aliphatic imine (C=N–C) groups is 1. The monoisotopic (exact) mass is 442 g/mol. The predicted octanol–water partition coefficient (Wildman–Crippen LogP) is 3.15. The zero-order valence-corrected chi connectivity index (χ0v) is 19.5. The minimum absolute atomic E-state index is 0.00284. The average Bonchev–Trinajstić information content (AvgIpc) is 3.17. The van der Waals surface area contributed by atoms with E-state index < -0.39 is 10.0 Å². The lowest BCUT2D eigenvalue weighted by Gasteiger charge is -2.22. The standard InChI is InChI=1S/C24H34N4O2S/c1-19(2)27-31(29,30)18-22-11-9-21(10-12-22)16-26-24(25-3)28-14-13-23(17-28)15-20-7-5-4-6-8-20/h4-12,19,23,27H,13-18H2,1-3H3,(H,25,26). The molecule has 0 aromatic heterocycles. The number of likely N-dealkylation sites (tertiary alicyclic amines) is 1. The fraction of sp³-hybridized carbons (Fsp3) is 0.458. The summed E-state index contributed by atoms with van der Waals surface area (Å²) in [5.41, 5.74) is 3.27. The van der Waals surface area contributed by atoms with Gasteiger partial charge in [0.25, 0.3) is 0 Å². The van der Waals surface area contributed by atoms with Crippen molar-refractivity contribution >= 4 is 16.0 Å². The molecule has 0 spiro atoms. The maximum absolute atomic E-state index is 12.1. The van der Waals surface area contributed by atoms with Crippen molar-refractivity contribution in [2.45, 2.75) is 45.0 Å². The van der Waals surface area contributed by atoms with Crippen LogP contribution in [0, 0.1) is 5.92 Å². The van der Waals surface area contributed by atoms with Crippen LogP contribution in [0.3, 0.4) is 0 Å². The molecule has 1 aliphatic heterocycles. The number of sulfonamides is 1. The van der Waals surface area contributed by atoms with E-state index in [2.05, 4.69) is 50.3 Å². The molecule has 168 valence electrons. The summed E-state index contributed by atoms with van der Waals surface area (Å²) in [5, 5.41) is 3.45. The van der Waals surface area contributed by atoms with E-state index in [9.17, 15) is 8.42 Å². The minimum Gasteiger partial charge on any atom is -0.352 e. The number of rotatable bonds is 8. The van der Waals surface area contributed by atoms with Gasteiger partial charge in [0.1, 0.15) is 0 Å². The predicted molar refractivity (Wildman–Crippen MR) is 127 cm³/mol. The lowest BCUT2D eigenvalue weighted by molar-refractivity contribution is 0.460. The first kappa shape index (κ1) is 23.3. The van der Waals surface area contributed by atoms with Gasteiger partial charge in [-0.2, -0.15) is 0 Å². The van der Waals surface area contributed by atoms with E-state index in [4.69, 9.17) is 0 Å². The Balaban J connectivity index is 1.49. The zero-order valence-electron chi connectivity index (χ0n) is 18.7. The molecule has 0 amide bonds. The van der Waals surface area contributed by atoms with Crippen molar-refractivity contribution in [2.24, 2.45) is 10.9 Å². The van der Waals surface area contributed by atoms with Crippen LogP contribution in [-0.2, 0) is 28.7 Å². The molecule has 0 aliphatic carbocycles. The lowest BCUT2D eigenvalue weighted by Crippen LogP contribution is -2.39. The summed E-state index contributed by atoms with van der Waals surface area (Å²) in [6.07, 6.45) is 2.27. The largest absolute Gasteiger partial charge is 0.352 e. The molecule has 2 aromatic carbocycles. The number of hydrogen-bond donors (Lipinski definition) is 2. The Bertz CT molecular complexity index is 957. The van der Waals surface area contributed by atoms with Gasteiger partial charge in [0, 0.05) is 32.7 Å². The van der Waals surface area contributed by atoms with Gasteiger partial charge in [0.05, 0.1) is 5.75 Å². The van der Waals surface area contributed by atoms with Gasteiger partial charge in [0.2, 0.25) is 10.0 Å². The van der Waals surface area contributed by atoms with Crippen LogP contribution in [0.25, 0.3) is 0 Å². The van der Waals surface area contributed by atoms with Crippen molar-refractivity contribution < 1.29 is 8.42 Å². The van der Waals surface area contributed by atoms with Crippen LogP contribution in [0.1, 0.15) is 37.0 Å². The molecular weight excluding hydrogens is 408 g/mol. The smallest absolute Gasteiger partial charge is 0.216 e. The number of nitrogens with one attached hydrogen (secondary N) is 2. The van der Waals surface area contributed by atoms with Crippen molar-refractivity contribution in [1.82, 2.24) is 14.9 Å². The maximum atomic E-state index is 12.1. The molecule has 0 radical (unpaired) electrons. The van der Waals surface area contributed by atoms with Gasteiger partial charge < -0.3 is 10.2 Å². The fourth-order valence-corrected chi connectivity index (χ4v) is 5.46. The summed E-state index contributed by atoms with van der Waals surface area (Å²) in [4.78, 5) is 6.79. The van der Waals surface area contributed by atoms with Crippen LogP contribution < -0.4 is 10.0 Å². The molecule has 2 aromatic rings. The summed E-state index contributed by atoms with van der Waals surface area (Å²) >= 11 is 0. The normalized spacial score (nSPS) is 17.4. The Hall–Kier alpha value is -2.38. The summed E-state index contributed by atoms with van der Waals surface area (Å²) in [7, 11) is -1.48. The SMILES string of the molecule is CN=C(NCc1ccc(CS(=O)(=O)NC(C)C)cc1)N1CCC(Cc2ccccc2)C1. The van der Waals surface area contributed by atoms with E-state index in [1.807, 2.05) is 45.2 Å². The molecule has 0 saturated carbocycles. The van der Waals surface area contributed by atoms with Crippen LogP contribution in [0.2, 0.25) is 0 Å². The number of guanidine groups is 1. The van der Waals surface area contributed by atoms with Crippen molar-refractivity contribution in [1.29, 1.82) is 0 Å². The van der Waals surface area contributed by atoms with Gasteiger partial charge >= 0.3 is 0 Å². The zero-order chi connectivity index (χ0) is 22.3. The van der Waals surface area contributed by atoms with E-state index in [1.54, 1.807) is 0 Å². The van der Waals surface area contributed by atoms with Gasteiger partial charge in [-0.05, 0) is 49.3 Å². The molecule has 1 unspecified atom stereocenters. The van der Waals surface area contributed by atoms with Gasteiger partial charge in [-0.3, -0.25) is 4.99 Å². The van der Waals surface area contributed by atoms with Gasteiger partial charge in [0.15, 0.2) is 5.96 Å². The third-order valence-corrected chi connectivity index (χ3v) is 6.95. The van der Waals surface area contributed by atoms with Crippen molar-refractivity contribution in [3.63, 3.8) is 0 Å². The van der Waals surface area contributed by atoms with E-state index in [1.165, 1.54) is 12.0 Å². The molecular formula is C24H34N4O2S. The minimum atomic E-state index is -3.31. The first-order chi connectivity index (χ1) is 14.8. The van der Waals surface area contributed by atoms with Crippen molar-refractivity contribution in [3.8, 4) is 0 Å². The Morgan fingerprint density at radius 1 is 1.06 bits per heavy atom. The summed E-state index contributed by atoms with van der Waals surface area (Å²) in [5.74, 6) is 1.56. The van der Waals surface area contributed by atoms with Gasteiger partial charge in [-0.1, -0.05) is 54.6 Å². The molecule has 1 fully saturated rings. The fourth-order valence-electron chi connectivity index (χ4n) is 4.03. The van der Waals surface area contributed by atoms with Crippen LogP contribution >= 0.6 is 0 Å². The first-order valence-corrected chi connectivity index (χ1v) is 12.6. The molecule has 3 rings (SSSR count). The molecule has 0 bridgehead atoms. The molecule has 1 saturated heterocycles. The highest BCUT2D eigenvalue weighted by Crippen LogP contribution is 2.21. The highest BCUT2D eigenvalue weighted by molar-refractivity contribution is 7.88. The van der Waals surface area contributed by atoms with Crippen LogP contribution in [0.15, 0.2) is 59.6 Å². The highest BCUT2D eigenvalue weighted by atomic mass is 32.2. The molecule has 1 atom stereocenters. The van der Waals surface area contributed by atoms with Crippen LogP contribution in [-0.4, -0.2) is 45.5 Å². The third-order valence-electron chi connectivity index (χ3n) is 5.41. The second kappa shape index (κ2) is 10.8.